The highest BCUT2D eigenvalue weighted by Crippen LogP contribution is 2.07. The van der Waals surface area contributed by atoms with Gasteiger partial charge in [-0.1, -0.05) is 11.2 Å². The van der Waals surface area contributed by atoms with Gasteiger partial charge in [-0.25, -0.2) is 0 Å². The number of hydrogen-bond donors (Lipinski definition) is 1. The van der Waals surface area contributed by atoms with Crippen molar-refractivity contribution in [2.45, 2.75) is 19.2 Å². The van der Waals surface area contributed by atoms with Gasteiger partial charge in [-0.2, -0.15) is 0 Å². The topological polar surface area (TPSA) is 72.2 Å². The number of nitrogens with zero attached hydrogens (tertiary/aromatic N) is 1. The zero-order valence-corrected chi connectivity index (χ0v) is 12.1. The van der Waals surface area contributed by atoms with E-state index < -0.39 is 10.8 Å². The van der Waals surface area contributed by atoms with Crippen molar-refractivity contribution in [3.63, 3.8) is 0 Å². The number of amides is 1. The number of nitrogens with one attached hydrogen (secondary N) is 1. The molecule has 0 saturated carbocycles. The third kappa shape index (κ3) is 4.60. The third-order valence-corrected chi connectivity index (χ3v) is 4.40. The van der Waals surface area contributed by atoms with E-state index in [0.29, 0.717) is 18.0 Å². The molecule has 7 heteroatoms. The summed E-state index contributed by atoms with van der Waals surface area (Å²) in [4.78, 5) is 12.7. The molecule has 0 spiro atoms. The molecule has 0 bridgehead atoms. The lowest BCUT2D eigenvalue weighted by molar-refractivity contribution is -0.118. The van der Waals surface area contributed by atoms with Gasteiger partial charge < -0.3 is 9.84 Å². The van der Waals surface area contributed by atoms with E-state index in [1.807, 2.05) is 17.5 Å². The summed E-state index contributed by atoms with van der Waals surface area (Å²) in [5.74, 6) is 0.683. The Kier molecular flexibility index (Phi) is 4.86. The largest absolute Gasteiger partial charge is 0.361 e. The summed E-state index contributed by atoms with van der Waals surface area (Å²) in [5.41, 5.74) is 0.613. The molecule has 1 amide bonds. The van der Waals surface area contributed by atoms with Gasteiger partial charge in [0, 0.05) is 21.7 Å². The first-order valence-corrected chi connectivity index (χ1v) is 8.06. The van der Waals surface area contributed by atoms with Crippen molar-refractivity contribution < 1.29 is 13.5 Å². The molecule has 19 heavy (non-hydrogen) atoms. The van der Waals surface area contributed by atoms with Crippen LogP contribution in [0.3, 0.4) is 0 Å². The molecule has 2 aromatic rings. The van der Waals surface area contributed by atoms with Crippen LogP contribution in [0.25, 0.3) is 0 Å². The van der Waals surface area contributed by atoms with Gasteiger partial charge in [0.15, 0.2) is 0 Å². The molecule has 0 fully saturated rings. The summed E-state index contributed by atoms with van der Waals surface area (Å²) in [6.45, 7) is 2.25. The normalized spacial score (nSPS) is 12.3. The number of rotatable bonds is 6. The molecule has 5 nitrogen and oxygen atoms in total. The Balaban J connectivity index is 1.74. The van der Waals surface area contributed by atoms with E-state index in [9.17, 15) is 9.00 Å². The minimum absolute atomic E-state index is 0.0166. The lowest BCUT2D eigenvalue weighted by Crippen LogP contribution is -2.27. The highest BCUT2D eigenvalue weighted by Gasteiger charge is 2.11. The van der Waals surface area contributed by atoms with Crippen LogP contribution in [-0.2, 0) is 27.9 Å². The fourth-order valence-electron chi connectivity index (χ4n) is 1.50. The van der Waals surface area contributed by atoms with E-state index in [-0.39, 0.29) is 17.4 Å². The van der Waals surface area contributed by atoms with Gasteiger partial charge in [0.1, 0.15) is 11.5 Å². The van der Waals surface area contributed by atoms with Crippen molar-refractivity contribution in [3.05, 3.63) is 39.9 Å². The quantitative estimate of drug-likeness (QED) is 0.879. The van der Waals surface area contributed by atoms with Gasteiger partial charge in [-0.3, -0.25) is 9.00 Å². The Morgan fingerprint density at radius 3 is 3.05 bits per heavy atom. The minimum Gasteiger partial charge on any atom is -0.361 e. The van der Waals surface area contributed by atoms with E-state index in [0.717, 1.165) is 4.88 Å². The third-order valence-electron chi connectivity index (χ3n) is 2.32. The van der Waals surface area contributed by atoms with Crippen LogP contribution >= 0.6 is 11.3 Å². The van der Waals surface area contributed by atoms with Gasteiger partial charge in [0.05, 0.1) is 18.0 Å². The summed E-state index contributed by atoms with van der Waals surface area (Å²) in [6, 6.07) is 5.60. The maximum Gasteiger partial charge on any atom is 0.232 e. The molecular formula is C12H14N2O3S2. The Hall–Kier alpha value is -1.47. The second-order valence-electron chi connectivity index (χ2n) is 4.01. The summed E-state index contributed by atoms with van der Waals surface area (Å²) in [6.07, 6.45) is 0. The van der Waals surface area contributed by atoms with Crippen LogP contribution in [0.15, 0.2) is 28.1 Å². The van der Waals surface area contributed by atoms with E-state index in [1.54, 1.807) is 24.3 Å². The Morgan fingerprint density at radius 2 is 2.42 bits per heavy atom. The maximum absolute atomic E-state index is 11.8. The predicted octanol–water partition coefficient (Wildman–Crippen LogP) is 1.61. The first-order chi connectivity index (χ1) is 9.13. The van der Waals surface area contributed by atoms with E-state index in [4.69, 9.17) is 4.52 Å². The van der Waals surface area contributed by atoms with Crippen LogP contribution in [0, 0.1) is 6.92 Å². The average molecular weight is 298 g/mol. The summed E-state index contributed by atoms with van der Waals surface area (Å²) < 4.78 is 16.6. The molecule has 0 saturated heterocycles. The van der Waals surface area contributed by atoms with Crippen LogP contribution in [0.2, 0.25) is 0 Å². The van der Waals surface area contributed by atoms with Crippen LogP contribution in [0.5, 0.6) is 0 Å². The number of carbonyl (C=O) groups excluding carboxylic acids is 1. The van der Waals surface area contributed by atoms with Gasteiger partial charge in [0.2, 0.25) is 5.91 Å². The highest BCUT2D eigenvalue weighted by atomic mass is 32.2. The van der Waals surface area contributed by atoms with Crippen LogP contribution in [0.1, 0.15) is 16.3 Å². The van der Waals surface area contributed by atoms with Gasteiger partial charge in [0.25, 0.3) is 0 Å². The molecule has 2 heterocycles. The second-order valence-corrected chi connectivity index (χ2v) is 6.50. The maximum atomic E-state index is 11.8. The molecule has 0 aromatic carbocycles. The van der Waals surface area contributed by atoms with Crippen molar-refractivity contribution in [1.29, 1.82) is 0 Å². The smallest absolute Gasteiger partial charge is 0.232 e. The van der Waals surface area contributed by atoms with Crippen molar-refractivity contribution in [3.8, 4) is 0 Å². The zero-order valence-electron chi connectivity index (χ0n) is 10.4. The van der Waals surface area contributed by atoms with Crippen molar-refractivity contribution in [2.24, 2.45) is 0 Å². The molecule has 2 aromatic heterocycles. The number of aromatic nitrogens is 1. The van der Waals surface area contributed by atoms with Crippen LogP contribution in [0.4, 0.5) is 0 Å². The fraction of sp³-hybridized carbons (Fsp3) is 0.333. The van der Waals surface area contributed by atoms with Crippen molar-refractivity contribution in [1.82, 2.24) is 10.5 Å². The predicted molar refractivity (Wildman–Crippen MR) is 74.1 cm³/mol. The molecule has 1 atom stereocenters. The standard InChI is InChI=1S/C12H14N2O3S2/c1-9-5-10(14-17-9)7-19(16)8-12(15)13-6-11-3-2-4-18-11/h2-5H,6-8H2,1H3,(H,13,15)/t19-/m0/s1. The summed E-state index contributed by atoms with van der Waals surface area (Å²) >= 11 is 1.58. The SMILES string of the molecule is Cc1cc(C[S@](=O)CC(=O)NCc2cccs2)no1. The van der Waals surface area contributed by atoms with E-state index in [1.165, 1.54) is 0 Å². The molecule has 0 aliphatic heterocycles. The monoisotopic (exact) mass is 298 g/mol. The molecule has 0 unspecified atom stereocenters. The number of hydrogen-bond acceptors (Lipinski definition) is 5. The van der Waals surface area contributed by atoms with Gasteiger partial charge in [-0.15, -0.1) is 11.3 Å². The number of thiophene rings is 1. The lowest BCUT2D eigenvalue weighted by Gasteiger charge is -2.02. The van der Waals surface area contributed by atoms with Gasteiger partial charge in [-0.05, 0) is 18.4 Å². The van der Waals surface area contributed by atoms with Crippen LogP contribution in [-0.4, -0.2) is 21.0 Å². The lowest BCUT2D eigenvalue weighted by atomic mass is 10.4. The molecule has 0 aliphatic rings. The second kappa shape index (κ2) is 6.63. The Labute approximate surface area is 117 Å². The highest BCUT2D eigenvalue weighted by molar-refractivity contribution is 7.84. The molecule has 1 N–H and O–H groups in total. The van der Waals surface area contributed by atoms with E-state index in [2.05, 4.69) is 10.5 Å². The van der Waals surface area contributed by atoms with Crippen molar-refractivity contribution >= 4 is 28.0 Å². The molecule has 102 valence electrons. The summed E-state index contributed by atoms with van der Waals surface area (Å²) in [7, 11) is -1.27. The fourth-order valence-corrected chi connectivity index (χ4v) is 3.11. The van der Waals surface area contributed by atoms with Gasteiger partial charge >= 0.3 is 0 Å². The molecule has 2 rings (SSSR count). The first kappa shape index (κ1) is 14.0. The first-order valence-electron chi connectivity index (χ1n) is 5.70. The Morgan fingerprint density at radius 1 is 1.58 bits per heavy atom. The molecular weight excluding hydrogens is 284 g/mol. The average Bonchev–Trinajstić information content (AvgIpc) is 2.98. The number of aryl methyl sites for hydroxylation is 1. The Bertz CT molecular complexity index is 563. The van der Waals surface area contributed by atoms with E-state index >= 15 is 0 Å². The number of carbonyl (C=O) groups is 1. The molecule has 0 radical (unpaired) electrons. The zero-order chi connectivity index (χ0) is 13.7. The molecule has 0 aliphatic carbocycles. The minimum atomic E-state index is -1.27. The van der Waals surface area contributed by atoms with Crippen molar-refractivity contribution in [2.75, 3.05) is 5.75 Å². The van der Waals surface area contributed by atoms with Crippen LogP contribution < -0.4 is 5.32 Å². The summed E-state index contributed by atoms with van der Waals surface area (Å²) in [5, 5.41) is 8.44.